The van der Waals surface area contributed by atoms with Crippen molar-refractivity contribution in [2.45, 2.75) is 83.4 Å². The SMILES string of the molecule is CC1CCCN(c2nc(C(F)(F)F)c(C(=O)Cc3ccc(N4CCC5(CCN(C(=O)OC6CCCC6)C5)CC4)nc3)o2)C1. The number of alkyl halides is 3. The molecule has 12 heteroatoms. The maximum atomic E-state index is 13.8. The van der Waals surface area contributed by atoms with Gasteiger partial charge in [-0.25, -0.2) is 9.78 Å². The van der Waals surface area contributed by atoms with Crippen LogP contribution < -0.4 is 9.80 Å². The lowest BCUT2D eigenvalue weighted by atomic mass is 9.78. The van der Waals surface area contributed by atoms with Crippen LogP contribution in [-0.2, 0) is 17.3 Å². The van der Waals surface area contributed by atoms with Gasteiger partial charge in [-0.05, 0) is 80.8 Å². The van der Waals surface area contributed by atoms with E-state index in [0.717, 1.165) is 89.8 Å². The first kappa shape index (κ1) is 29.7. The van der Waals surface area contributed by atoms with Gasteiger partial charge in [-0.3, -0.25) is 4.79 Å². The van der Waals surface area contributed by atoms with Gasteiger partial charge < -0.3 is 23.9 Å². The fourth-order valence-corrected chi connectivity index (χ4v) is 7.09. The van der Waals surface area contributed by atoms with E-state index in [1.165, 1.54) is 0 Å². The number of carbonyl (C=O) groups excluding carboxylic acids is 2. The molecule has 4 aliphatic rings. The Kier molecular flexibility index (Phi) is 8.30. The van der Waals surface area contributed by atoms with Crippen LogP contribution in [-0.4, -0.2) is 72.1 Å². The number of halogens is 3. The molecular formula is C31H40F3N5O4. The molecule has 0 radical (unpaired) electrons. The Balaban J connectivity index is 1.04. The normalized spacial score (nSPS) is 22.9. The van der Waals surface area contributed by atoms with Gasteiger partial charge in [0.25, 0.3) is 6.01 Å². The number of hydrogen-bond acceptors (Lipinski definition) is 8. The van der Waals surface area contributed by atoms with Crippen LogP contribution in [0.2, 0.25) is 0 Å². The van der Waals surface area contributed by atoms with Crippen molar-refractivity contribution in [2.24, 2.45) is 11.3 Å². The van der Waals surface area contributed by atoms with Gasteiger partial charge in [0.2, 0.25) is 11.5 Å². The smallest absolute Gasteiger partial charge is 0.437 e. The lowest BCUT2D eigenvalue weighted by molar-refractivity contribution is -0.141. The maximum Gasteiger partial charge on any atom is 0.437 e. The number of carbonyl (C=O) groups is 2. The molecule has 9 nitrogen and oxygen atoms in total. The summed E-state index contributed by atoms with van der Waals surface area (Å²) in [4.78, 5) is 39.6. The number of ether oxygens (including phenoxy) is 1. The largest absolute Gasteiger partial charge is 0.446 e. The van der Waals surface area contributed by atoms with Crippen molar-refractivity contribution in [1.29, 1.82) is 0 Å². The molecular weight excluding hydrogens is 563 g/mol. The molecule has 1 unspecified atom stereocenters. The number of rotatable bonds is 6. The van der Waals surface area contributed by atoms with Gasteiger partial charge in [0.1, 0.15) is 11.9 Å². The second kappa shape index (κ2) is 12.0. The summed E-state index contributed by atoms with van der Waals surface area (Å²) in [6.07, 6.45) is 5.22. The number of likely N-dealkylation sites (tertiary alicyclic amines) is 1. The van der Waals surface area contributed by atoms with Gasteiger partial charge in [0, 0.05) is 51.9 Å². The Morgan fingerprint density at radius 1 is 1.02 bits per heavy atom. The fourth-order valence-electron chi connectivity index (χ4n) is 7.09. The van der Waals surface area contributed by atoms with Crippen LogP contribution in [0.1, 0.15) is 86.5 Å². The standard InChI is InChI=1S/C31H40F3N5O4/c1-21-5-4-13-38(19-21)28-36-27(31(32,33)34)26(43-28)24(40)17-22-8-9-25(35-18-22)37-14-10-30(11-15-37)12-16-39(20-30)29(41)42-23-6-2-3-7-23/h8-9,18,21,23H,2-7,10-17,19-20H2,1H3. The highest BCUT2D eigenvalue weighted by Gasteiger charge is 2.44. The second-order valence-corrected chi connectivity index (χ2v) is 12.9. The predicted molar refractivity (Wildman–Crippen MR) is 153 cm³/mol. The van der Waals surface area contributed by atoms with Crippen molar-refractivity contribution in [2.75, 3.05) is 49.1 Å². The van der Waals surface area contributed by atoms with E-state index < -0.39 is 23.4 Å². The monoisotopic (exact) mass is 603 g/mol. The summed E-state index contributed by atoms with van der Waals surface area (Å²) in [7, 11) is 0. The highest BCUT2D eigenvalue weighted by atomic mass is 19.4. The zero-order chi connectivity index (χ0) is 30.2. The lowest BCUT2D eigenvalue weighted by Crippen LogP contribution is -2.43. The van der Waals surface area contributed by atoms with Crippen molar-refractivity contribution in [3.05, 3.63) is 35.3 Å². The number of hydrogen-bond donors (Lipinski definition) is 0. The molecule has 1 aliphatic carbocycles. The zero-order valence-electron chi connectivity index (χ0n) is 24.7. The first-order valence-corrected chi connectivity index (χ1v) is 15.6. The minimum atomic E-state index is -4.80. The summed E-state index contributed by atoms with van der Waals surface area (Å²) >= 11 is 0. The average Bonchev–Trinajstić information content (AvgIpc) is 3.75. The summed E-state index contributed by atoms with van der Waals surface area (Å²) < 4.78 is 52.5. The molecule has 0 aromatic carbocycles. The third-order valence-corrected chi connectivity index (χ3v) is 9.65. The number of pyridine rings is 1. The zero-order valence-corrected chi connectivity index (χ0v) is 24.7. The number of piperidine rings is 2. The van der Waals surface area contributed by atoms with Gasteiger partial charge in [0.05, 0.1) is 0 Å². The van der Waals surface area contributed by atoms with Crippen molar-refractivity contribution >= 4 is 23.7 Å². The first-order chi connectivity index (χ1) is 20.6. The Labute approximate surface area is 249 Å². The van der Waals surface area contributed by atoms with Crippen LogP contribution >= 0.6 is 0 Å². The van der Waals surface area contributed by atoms with E-state index in [4.69, 9.17) is 9.15 Å². The number of aromatic nitrogens is 2. The summed E-state index contributed by atoms with van der Waals surface area (Å²) in [5.41, 5.74) is -0.669. The molecule has 43 heavy (non-hydrogen) atoms. The Hall–Kier alpha value is -3.31. The minimum absolute atomic E-state index is 0.0682. The van der Waals surface area contributed by atoms with E-state index >= 15 is 0 Å². The van der Waals surface area contributed by atoms with Crippen LogP contribution in [0.15, 0.2) is 22.7 Å². The van der Waals surface area contributed by atoms with Gasteiger partial charge in [-0.1, -0.05) is 13.0 Å². The van der Waals surface area contributed by atoms with Crippen molar-refractivity contribution in [3.63, 3.8) is 0 Å². The van der Waals surface area contributed by atoms with Crippen LogP contribution in [0.3, 0.4) is 0 Å². The van der Waals surface area contributed by atoms with Crippen molar-refractivity contribution in [1.82, 2.24) is 14.9 Å². The van der Waals surface area contributed by atoms with Crippen LogP contribution in [0.25, 0.3) is 0 Å². The molecule has 0 bridgehead atoms. The van der Waals surface area contributed by atoms with E-state index in [-0.39, 0.29) is 30.0 Å². The molecule has 3 saturated heterocycles. The van der Waals surface area contributed by atoms with Crippen LogP contribution in [0.4, 0.5) is 29.8 Å². The summed E-state index contributed by atoms with van der Waals surface area (Å²) in [5, 5.41) is 0. The summed E-state index contributed by atoms with van der Waals surface area (Å²) in [6.45, 7) is 6.16. The number of anilines is 2. The van der Waals surface area contributed by atoms with Crippen molar-refractivity contribution in [3.8, 4) is 0 Å². The molecule has 3 aliphatic heterocycles. The van der Waals surface area contributed by atoms with E-state index in [9.17, 15) is 22.8 Å². The molecule has 0 N–H and O–H groups in total. The molecule has 6 rings (SSSR count). The van der Waals surface area contributed by atoms with Crippen molar-refractivity contribution < 1.29 is 31.9 Å². The Bertz CT molecular complexity index is 1300. The molecule has 5 heterocycles. The van der Waals surface area contributed by atoms with E-state index in [1.807, 2.05) is 17.9 Å². The number of oxazole rings is 1. The number of amides is 1. The highest BCUT2D eigenvalue weighted by Crippen LogP contribution is 2.42. The topological polar surface area (TPSA) is 92.0 Å². The van der Waals surface area contributed by atoms with Gasteiger partial charge in [-0.15, -0.1) is 0 Å². The van der Waals surface area contributed by atoms with E-state index in [1.54, 1.807) is 17.2 Å². The molecule has 1 atom stereocenters. The maximum absolute atomic E-state index is 13.8. The molecule has 1 spiro atoms. The average molecular weight is 604 g/mol. The number of ketones is 1. The van der Waals surface area contributed by atoms with E-state index in [0.29, 0.717) is 24.6 Å². The molecule has 1 saturated carbocycles. The Morgan fingerprint density at radius 2 is 1.77 bits per heavy atom. The van der Waals surface area contributed by atoms with E-state index in [2.05, 4.69) is 14.9 Å². The summed E-state index contributed by atoms with van der Waals surface area (Å²) in [5.74, 6) is -0.451. The minimum Gasteiger partial charge on any atom is -0.446 e. The fraction of sp³-hybridized carbons (Fsp3) is 0.677. The number of Topliss-reactive ketones (excluding diaryl/α,β-unsaturated/α-hetero) is 1. The molecule has 4 fully saturated rings. The highest BCUT2D eigenvalue weighted by molar-refractivity contribution is 5.96. The molecule has 1 amide bonds. The number of nitrogens with zero attached hydrogens (tertiary/aromatic N) is 5. The predicted octanol–water partition coefficient (Wildman–Crippen LogP) is 6.12. The lowest BCUT2D eigenvalue weighted by Gasteiger charge is -2.39. The van der Waals surface area contributed by atoms with Crippen LogP contribution in [0, 0.1) is 11.3 Å². The third-order valence-electron chi connectivity index (χ3n) is 9.65. The molecule has 2 aromatic heterocycles. The third kappa shape index (κ3) is 6.62. The second-order valence-electron chi connectivity index (χ2n) is 12.9. The summed E-state index contributed by atoms with van der Waals surface area (Å²) in [6, 6.07) is 3.40. The molecule has 234 valence electrons. The van der Waals surface area contributed by atoms with Gasteiger partial charge >= 0.3 is 12.3 Å². The quantitative estimate of drug-likeness (QED) is 0.365. The Morgan fingerprint density at radius 3 is 2.44 bits per heavy atom. The van der Waals surface area contributed by atoms with Gasteiger partial charge in [0.15, 0.2) is 5.69 Å². The first-order valence-electron chi connectivity index (χ1n) is 15.6. The molecule has 2 aromatic rings. The van der Waals surface area contributed by atoms with Crippen LogP contribution in [0.5, 0.6) is 0 Å². The van der Waals surface area contributed by atoms with Gasteiger partial charge in [-0.2, -0.15) is 18.2 Å².